The number of rotatable bonds is 6. The Balaban J connectivity index is 1.82. The molecule has 0 unspecified atom stereocenters. The van der Waals surface area contributed by atoms with Crippen molar-refractivity contribution in [1.82, 2.24) is 14.5 Å². The first-order valence-corrected chi connectivity index (χ1v) is 10.7. The Labute approximate surface area is 156 Å². The molecular weight excluding hydrogens is 354 g/mol. The number of aryl methyl sites for hydroxylation is 2. The highest BCUT2D eigenvalue weighted by Crippen LogP contribution is 2.34. The van der Waals surface area contributed by atoms with Crippen molar-refractivity contribution in [2.75, 3.05) is 19.3 Å². The van der Waals surface area contributed by atoms with Crippen LogP contribution in [0.15, 0.2) is 9.95 Å². The highest BCUT2D eigenvalue weighted by molar-refractivity contribution is 7.99. The summed E-state index contributed by atoms with van der Waals surface area (Å²) in [5.74, 6) is 0.398. The fourth-order valence-electron chi connectivity index (χ4n) is 3.15. The number of thiophene rings is 1. The Bertz CT molecular complexity index is 841. The zero-order valence-corrected chi connectivity index (χ0v) is 16.8. The summed E-state index contributed by atoms with van der Waals surface area (Å²) in [7, 11) is 3.59. The quantitative estimate of drug-likeness (QED) is 0.571. The molecule has 1 aliphatic rings. The molecule has 0 bridgehead atoms. The van der Waals surface area contributed by atoms with Gasteiger partial charge in [0.25, 0.3) is 5.56 Å². The number of unbranched alkanes of at least 4 members (excludes halogenated alkanes) is 1. The van der Waals surface area contributed by atoms with Gasteiger partial charge in [0.2, 0.25) is 5.91 Å². The SMILES string of the molecule is CCCCN(C)C(=O)CSc1nc2sc3c(c2c(=O)n1C)CCCC3. The van der Waals surface area contributed by atoms with Crippen molar-refractivity contribution >= 4 is 39.2 Å². The van der Waals surface area contributed by atoms with Crippen molar-refractivity contribution in [3.05, 3.63) is 20.8 Å². The fourth-order valence-corrected chi connectivity index (χ4v) is 5.37. The minimum atomic E-state index is 0.0266. The van der Waals surface area contributed by atoms with Crippen LogP contribution in [0.5, 0.6) is 0 Å². The van der Waals surface area contributed by atoms with Crippen molar-refractivity contribution in [2.45, 2.75) is 50.6 Å². The molecule has 7 heteroatoms. The maximum Gasteiger partial charge on any atom is 0.262 e. The lowest BCUT2D eigenvalue weighted by Gasteiger charge is -2.16. The molecule has 0 aromatic carbocycles. The van der Waals surface area contributed by atoms with E-state index in [0.29, 0.717) is 10.9 Å². The van der Waals surface area contributed by atoms with Crippen LogP contribution >= 0.6 is 23.1 Å². The van der Waals surface area contributed by atoms with Crippen LogP contribution in [-0.4, -0.2) is 39.7 Å². The molecule has 2 aromatic rings. The van der Waals surface area contributed by atoms with E-state index in [2.05, 4.69) is 6.92 Å². The van der Waals surface area contributed by atoms with Crippen molar-refractivity contribution in [2.24, 2.45) is 7.05 Å². The summed E-state index contributed by atoms with van der Waals surface area (Å²) in [5.41, 5.74) is 1.24. The van der Waals surface area contributed by atoms with Crippen molar-refractivity contribution in [3.63, 3.8) is 0 Å². The summed E-state index contributed by atoms with van der Waals surface area (Å²) in [6.07, 6.45) is 6.47. The van der Waals surface area contributed by atoms with Gasteiger partial charge in [-0.25, -0.2) is 4.98 Å². The van der Waals surface area contributed by atoms with E-state index in [-0.39, 0.29) is 11.5 Å². The van der Waals surface area contributed by atoms with Gasteiger partial charge in [0.1, 0.15) is 4.83 Å². The molecule has 0 spiro atoms. The van der Waals surface area contributed by atoms with Gasteiger partial charge < -0.3 is 4.90 Å². The smallest absolute Gasteiger partial charge is 0.262 e. The molecular formula is C18H25N3O2S2. The van der Waals surface area contributed by atoms with Crippen LogP contribution < -0.4 is 5.56 Å². The Morgan fingerprint density at radius 1 is 1.36 bits per heavy atom. The maximum atomic E-state index is 12.8. The second-order valence-corrected chi connectivity index (χ2v) is 8.63. The zero-order chi connectivity index (χ0) is 18.0. The molecule has 5 nitrogen and oxygen atoms in total. The highest BCUT2D eigenvalue weighted by Gasteiger charge is 2.21. The van der Waals surface area contributed by atoms with E-state index >= 15 is 0 Å². The normalized spacial score (nSPS) is 13.9. The van der Waals surface area contributed by atoms with Gasteiger partial charge in [-0.15, -0.1) is 11.3 Å². The average molecular weight is 380 g/mol. The van der Waals surface area contributed by atoms with E-state index in [1.807, 2.05) is 7.05 Å². The first-order chi connectivity index (χ1) is 12.0. The van der Waals surface area contributed by atoms with Crippen LogP contribution in [0.4, 0.5) is 0 Å². The lowest BCUT2D eigenvalue weighted by atomic mass is 9.97. The van der Waals surface area contributed by atoms with E-state index in [1.165, 1.54) is 28.6 Å². The number of nitrogens with zero attached hydrogens (tertiary/aromatic N) is 3. The lowest BCUT2D eigenvalue weighted by molar-refractivity contribution is -0.127. The van der Waals surface area contributed by atoms with Crippen molar-refractivity contribution in [1.29, 1.82) is 0 Å². The van der Waals surface area contributed by atoms with Crippen molar-refractivity contribution < 1.29 is 4.79 Å². The number of aromatic nitrogens is 2. The number of carbonyl (C=O) groups excluding carboxylic acids is 1. The van der Waals surface area contributed by atoms with Gasteiger partial charge in [0, 0.05) is 25.5 Å². The van der Waals surface area contributed by atoms with Crippen LogP contribution in [-0.2, 0) is 24.7 Å². The number of hydrogen-bond acceptors (Lipinski definition) is 5. The Hall–Kier alpha value is -1.34. The third-order valence-electron chi connectivity index (χ3n) is 4.75. The molecule has 136 valence electrons. The molecule has 25 heavy (non-hydrogen) atoms. The molecule has 0 atom stereocenters. The topological polar surface area (TPSA) is 55.2 Å². The van der Waals surface area contributed by atoms with Crippen LogP contribution in [0.3, 0.4) is 0 Å². The van der Waals surface area contributed by atoms with Crippen LogP contribution in [0.1, 0.15) is 43.0 Å². The Morgan fingerprint density at radius 2 is 2.12 bits per heavy atom. The van der Waals surface area contributed by atoms with Crippen LogP contribution in [0.25, 0.3) is 10.2 Å². The molecule has 2 aromatic heterocycles. The number of hydrogen-bond donors (Lipinski definition) is 0. The van der Waals surface area contributed by atoms with Gasteiger partial charge in [-0.2, -0.15) is 0 Å². The first-order valence-electron chi connectivity index (χ1n) is 8.91. The molecule has 1 aliphatic carbocycles. The third kappa shape index (κ3) is 3.77. The van der Waals surface area contributed by atoms with E-state index in [0.717, 1.165) is 48.9 Å². The second kappa shape index (κ2) is 7.91. The minimum Gasteiger partial charge on any atom is -0.345 e. The predicted molar refractivity (Wildman–Crippen MR) is 105 cm³/mol. The van der Waals surface area contributed by atoms with E-state index in [4.69, 9.17) is 4.98 Å². The van der Waals surface area contributed by atoms with Crippen LogP contribution in [0, 0.1) is 0 Å². The molecule has 1 amide bonds. The molecule has 0 saturated heterocycles. The van der Waals surface area contributed by atoms with Crippen LogP contribution in [0.2, 0.25) is 0 Å². The van der Waals surface area contributed by atoms with Gasteiger partial charge in [0.15, 0.2) is 5.16 Å². The van der Waals surface area contributed by atoms with Gasteiger partial charge >= 0.3 is 0 Å². The molecule has 0 radical (unpaired) electrons. The summed E-state index contributed by atoms with van der Waals surface area (Å²) in [6.45, 7) is 2.89. The molecule has 0 fully saturated rings. The highest BCUT2D eigenvalue weighted by atomic mass is 32.2. The summed E-state index contributed by atoms with van der Waals surface area (Å²) < 4.78 is 1.61. The monoisotopic (exact) mass is 379 g/mol. The summed E-state index contributed by atoms with van der Waals surface area (Å²) in [4.78, 5) is 33.7. The van der Waals surface area contributed by atoms with Gasteiger partial charge in [-0.1, -0.05) is 25.1 Å². The van der Waals surface area contributed by atoms with Gasteiger partial charge in [0.05, 0.1) is 11.1 Å². The average Bonchev–Trinajstić information content (AvgIpc) is 2.99. The van der Waals surface area contributed by atoms with Gasteiger partial charge in [-0.3, -0.25) is 14.2 Å². The Morgan fingerprint density at radius 3 is 2.88 bits per heavy atom. The second-order valence-electron chi connectivity index (χ2n) is 6.61. The number of amides is 1. The number of carbonyl (C=O) groups is 1. The van der Waals surface area contributed by atoms with Gasteiger partial charge in [-0.05, 0) is 37.7 Å². The fraction of sp³-hybridized carbons (Fsp3) is 0.611. The number of fused-ring (bicyclic) bond motifs is 3. The summed E-state index contributed by atoms with van der Waals surface area (Å²) in [6, 6.07) is 0. The Kier molecular flexibility index (Phi) is 5.84. The summed E-state index contributed by atoms with van der Waals surface area (Å²) in [5, 5.41) is 1.44. The minimum absolute atomic E-state index is 0.0266. The predicted octanol–water partition coefficient (Wildman–Crippen LogP) is 3.22. The number of thioether (sulfide) groups is 1. The first kappa shape index (κ1) is 18.5. The molecule has 3 rings (SSSR count). The third-order valence-corrected chi connectivity index (χ3v) is 6.95. The van der Waals surface area contributed by atoms with E-state index < -0.39 is 0 Å². The largest absolute Gasteiger partial charge is 0.345 e. The molecule has 2 heterocycles. The lowest BCUT2D eigenvalue weighted by Crippen LogP contribution is -2.29. The zero-order valence-electron chi connectivity index (χ0n) is 15.1. The van der Waals surface area contributed by atoms with E-state index in [9.17, 15) is 9.59 Å². The molecule has 0 saturated carbocycles. The maximum absolute atomic E-state index is 12.8. The molecule has 0 aliphatic heterocycles. The summed E-state index contributed by atoms with van der Waals surface area (Å²) >= 11 is 3.01. The van der Waals surface area contributed by atoms with Crippen molar-refractivity contribution in [3.8, 4) is 0 Å². The molecule has 0 N–H and O–H groups in total. The van der Waals surface area contributed by atoms with E-state index in [1.54, 1.807) is 27.9 Å². The standard InChI is InChI=1S/C18H25N3O2S2/c1-4-5-10-20(2)14(22)11-24-18-19-16-15(17(23)21(18)3)12-8-6-7-9-13(12)25-16/h4-11H2,1-3H3.